The van der Waals surface area contributed by atoms with Gasteiger partial charge in [-0.25, -0.2) is 9.18 Å². The first kappa shape index (κ1) is 13.4. The molecule has 0 N–H and O–H groups in total. The molecule has 2 saturated heterocycles. The number of benzene rings is 1. The molecule has 0 aliphatic carbocycles. The summed E-state index contributed by atoms with van der Waals surface area (Å²) in [5.41, 5.74) is 0.850. The van der Waals surface area contributed by atoms with Gasteiger partial charge < -0.3 is 14.5 Å². The van der Waals surface area contributed by atoms with Gasteiger partial charge >= 0.3 is 5.97 Å². The zero-order valence-corrected chi connectivity index (χ0v) is 11.8. The van der Waals surface area contributed by atoms with E-state index in [4.69, 9.17) is 0 Å². The van der Waals surface area contributed by atoms with Crippen LogP contribution in [0.2, 0.25) is 0 Å². The van der Waals surface area contributed by atoms with Crippen molar-refractivity contribution < 1.29 is 13.9 Å². The van der Waals surface area contributed by atoms with Crippen molar-refractivity contribution in [1.82, 2.24) is 4.90 Å². The Morgan fingerprint density at radius 2 is 1.90 bits per heavy atom. The molecule has 1 aromatic carbocycles. The second-order valence-electron chi connectivity index (χ2n) is 5.80. The number of esters is 1. The lowest BCUT2D eigenvalue weighted by Crippen LogP contribution is -2.27. The Kier molecular flexibility index (Phi) is 3.38. The third kappa shape index (κ3) is 2.26. The van der Waals surface area contributed by atoms with Crippen molar-refractivity contribution in [3.05, 3.63) is 29.6 Å². The maximum absolute atomic E-state index is 14.2. The molecule has 2 fully saturated rings. The Balaban J connectivity index is 1.77. The van der Waals surface area contributed by atoms with Gasteiger partial charge in [0.25, 0.3) is 0 Å². The summed E-state index contributed by atoms with van der Waals surface area (Å²) in [5, 5.41) is 0. The van der Waals surface area contributed by atoms with Crippen LogP contribution in [0.25, 0.3) is 0 Å². The third-order valence-corrected chi connectivity index (χ3v) is 4.38. The molecule has 5 heteroatoms. The van der Waals surface area contributed by atoms with Gasteiger partial charge in [0, 0.05) is 26.2 Å². The van der Waals surface area contributed by atoms with E-state index in [1.807, 2.05) is 0 Å². The summed E-state index contributed by atoms with van der Waals surface area (Å²) in [6, 6.07) is 4.58. The second-order valence-corrected chi connectivity index (χ2v) is 5.80. The first-order valence-corrected chi connectivity index (χ1v) is 6.90. The molecule has 4 nitrogen and oxygen atoms in total. The normalized spacial score (nSPS) is 25.9. The Morgan fingerprint density at radius 3 is 2.45 bits per heavy atom. The minimum absolute atomic E-state index is 0.257. The first-order chi connectivity index (χ1) is 9.58. The zero-order chi connectivity index (χ0) is 14.3. The molecule has 2 aliphatic heterocycles. The molecule has 108 valence electrons. The standard InChI is InChI=1S/C15H19FN2O2/c1-17-6-11-8-18(9-12(11)7-17)14-4-3-10(5-13(14)16)15(19)20-2/h3-5,11-12H,6-9H2,1-2H3. The fourth-order valence-corrected chi connectivity index (χ4v) is 3.43. The fraction of sp³-hybridized carbons (Fsp3) is 0.533. The lowest BCUT2D eigenvalue weighted by Gasteiger charge is -2.22. The van der Waals surface area contributed by atoms with Crippen molar-refractivity contribution in [3.8, 4) is 0 Å². The molecule has 0 amide bonds. The van der Waals surface area contributed by atoms with E-state index in [1.165, 1.54) is 13.2 Å². The Hall–Kier alpha value is -1.62. The highest BCUT2D eigenvalue weighted by atomic mass is 19.1. The van der Waals surface area contributed by atoms with Crippen molar-refractivity contribution in [2.75, 3.05) is 45.2 Å². The number of carbonyl (C=O) groups excluding carboxylic acids is 1. The zero-order valence-electron chi connectivity index (χ0n) is 11.8. The van der Waals surface area contributed by atoms with Gasteiger partial charge in [-0.05, 0) is 37.1 Å². The summed E-state index contributed by atoms with van der Waals surface area (Å²) >= 11 is 0. The van der Waals surface area contributed by atoms with E-state index in [0.717, 1.165) is 26.2 Å². The van der Waals surface area contributed by atoms with Gasteiger partial charge in [0.15, 0.2) is 0 Å². The predicted octanol–water partition coefficient (Wildman–Crippen LogP) is 1.61. The number of hydrogen-bond acceptors (Lipinski definition) is 4. The lowest BCUT2D eigenvalue weighted by molar-refractivity contribution is 0.0600. The van der Waals surface area contributed by atoms with Gasteiger partial charge in [-0.2, -0.15) is 0 Å². The smallest absolute Gasteiger partial charge is 0.337 e. The van der Waals surface area contributed by atoms with Gasteiger partial charge in [-0.3, -0.25) is 0 Å². The number of nitrogens with zero attached hydrogens (tertiary/aromatic N) is 2. The average Bonchev–Trinajstić information content (AvgIpc) is 2.94. The summed E-state index contributed by atoms with van der Waals surface area (Å²) < 4.78 is 18.8. The Bertz CT molecular complexity index is 521. The minimum atomic E-state index is -0.504. The van der Waals surface area contributed by atoms with Crippen LogP contribution in [-0.2, 0) is 4.74 Å². The molecule has 20 heavy (non-hydrogen) atoms. The quantitative estimate of drug-likeness (QED) is 0.770. The minimum Gasteiger partial charge on any atom is -0.465 e. The number of carbonyl (C=O) groups is 1. The van der Waals surface area contributed by atoms with Crippen molar-refractivity contribution in [2.45, 2.75) is 0 Å². The molecular weight excluding hydrogens is 259 g/mol. The number of methoxy groups -OCH3 is 1. The van der Waals surface area contributed by atoms with Gasteiger partial charge in [0.05, 0.1) is 18.4 Å². The Morgan fingerprint density at radius 1 is 1.25 bits per heavy atom. The SMILES string of the molecule is COC(=O)c1ccc(N2CC3CN(C)CC3C2)c(F)c1. The fourth-order valence-electron chi connectivity index (χ4n) is 3.43. The van der Waals surface area contributed by atoms with E-state index in [2.05, 4.69) is 21.6 Å². The van der Waals surface area contributed by atoms with Crippen molar-refractivity contribution in [3.63, 3.8) is 0 Å². The number of halogens is 1. The number of anilines is 1. The molecule has 2 heterocycles. The highest BCUT2D eigenvalue weighted by Gasteiger charge is 2.39. The summed E-state index contributed by atoms with van der Waals surface area (Å²) in [5.74, 6) is 0.399. The van der Waals surface area contributed by atoms with Crippen LogP contribution in [0.3, 0.4) is 0 Å². The molecule has 0 spiro atoms. The summed E-state index contributed by atoms with van der Waals surface area (Å²) in [6.45, 7) is 3.96. The molecular formula is C15H19FN2O2. The van der Waals surface area contributed by atoms with Gasteiger partial charge in [-0.15, -0.1) is 0 Å². The van der Waals surface area contributed by atoms with E-state index >= 15 is 0 Å². The number of likely N-dealkylation sites (tertiary alicyclic amines) is 1. The number of ether oxygens (including phenoxy) is 1. The van der Waals surface area contributed by atoms with Crippen LogP contribution in [0.5, 0.6) is 0 Å². The monoisotopic (exact) mass is 278 g/mol. The van der Waals surface area contributed by atoms with Crippen LogP contribution in [0.1, 0.15) is 10.4 Å². The summed E-state index contributed by atoms with van der Waals surface area (Å²) in [4.78, 5) is 15.8. The molecule has 3 rings (SSSR count). The molecule has 2 atom stereocenters. The summed E-state index contributed by atoms with van der Waals surface area (Å²) in [6.07, 6.45) is 0. The van der Waals surface area contributed by atoms with E-state index in [9.17, 15) is 9.18 Å². The lowest BCUT2D eigenvalue weighted by atomic mass is 10.0. The highest BCUT2D eigenvalue weighted by Crippen LogP contribution is 2.34. The number of fused-ring (bicyclic) bond motifs is 1. The summed E-state index contributed by atoms with van der Waals surface area (Å²) in [7, 11) is 3.43. The van der Waals surface area contributed by atoms with Crippen LogP contribution < -0.4 is 4.90 Å². The molecule has 2 unspecified atom stereocenters. The largest absolute Gasteiger partial charge is 0.465 e. The van der Waals surface area contributed by atoms with Crippen LogP contribution >= 0.6 is 0 Å². The highest BCUT2D eigenvalue weighted by molar-refractivity contribution is 5.89. The Labute approximate surface area is 118 Å². The van der Waals surface area contributed by atoms with Crippen LogP contribution in [0, 0.1) is 17.7 Å². The van der Waals surface area contributed by atoms with Crippen molar-refractivity contribution in [1.29, 1.82) is 0 Å². The average molecular weight is 278 g/mol. The first-order valence-electron chi connectivity index (χ1n) is 6.90. The van der Waals surface area contributed by atoms with E-state index in [0.29, 0.717) is 17.5 Å². The molecule has 0 radical (unpaired) electrons. The van der Waals surface area contributed by atoms with Crippen LogP contribution in [0.4, 0.5) is 10.1 Å². The molecule has 0 aromatic heterocycles. The van der Waals surface area contributed by atoms with Crippen LogP contribution in [0.15, 0.2) is 18.2 Å². The maximum Gasteiger partial charge on any atom is 0.337 e. The van der Waals surface area contributed by atoms with E-state index in [-0.39, 0.29) is 11.4 Å². The number of rotatable bonds is 2. The molecule has 2 aliphatic rings. The van der Waals surface area contributed by atoms with Gasteiger partial charge in [-0.1, -0.05) is 0 Å². The second kappa shape index (κ2) is 5.05. The van der Waals surface area contributed by atoms with Gasteiger partial charge in [0.2, 0.25) is 0 Å². The number of hydrogen-bond donors (Lipinski definition) is 0. The van der Waals surface area contributed by atoms with Crippen molar-refractivity contribution in [2.24, 2.45) is 11.8 Å². The maximum atomic E-state index is 14.2. The molecule has 0 bridgehead atoms. The molecule has 1 aromatic rings. The van der Waals surface area contributed by atoms with Crippen LogP contribution in [-0.4, -0.2) is 51.2 Å². The topological polar surface area (TPSA) is 32.8 Å². The van der Waals surface area contributed by atoms with Gasteiger partial charge in [0.1, 0.15) is 5.82 Å². The molecule has 0 saturated carbocycles. The predicted molar refractivity (Wildman–Crippen MR) is 74.4 cm³/mol. The third-order valence-electron chi connectivity index (χ3n) is 4.38. The van der Waals surface area contributed by atoms with Crippen molar-refractivity contribution >= 4 is 11.7 Å². The van der Waals surface area contributed by atoms with E-state index < -0.39 is 5.97 Å². The van der Waals surface area contributed by atoms with E-state index in [1.54, 1.807) is 12.1 Å².